The Morgan fingerprint density at radius 3 is 2.74 bits per heavy atom. The third-order valence-electron chi connectivity index (χ3n) is 7.67. The first-order valence-corrected chi connectivity index (χ1v) is 11.4. The number of amides is 1. The van der Waals surface area contributed by atoms with E-state index >= 15 is 0 Å². The maximum Gasteiger partial charge on any atom is 0.481 e. The Labute approximate surface area is 185 Å². The summed E-state index contributed by atoms with van der Waals surface area (Å²) in [6, 6.07) is 0. The van der Waals surface area contributed by atoms with E-state index in [9.17, 15) is 4.79 Å². The van der Waals surface area contributed by atoms with E-state index in [1.54, 1.807) is 6.20 Å². The number of carbonyl (C=O) groups excluding carboxylic acids is 1. The standard InChI is InChI=1S/C23H35BN4O3/c1-14(2)9-20(28-15(3)12-27-21(29)17-13-25-7-8-26-17)24-30-19-11-16-10-18(22(16,4)5)23(19,6)31-24/h7-8,13-14,16,18-20,28H,3,9-12H2,1-2,4-6H3,(H,27,29). The van der Waals surface area contributed by atoms with Gasteiger partial charge in [0.2, 0.25) is 0 Å². The molecule has 4 fully saturated rings. The van der Waals surface area contributed by atoms with Gasteiger partial charge in [-0.2, -0.15) is 0 Å². The molecule has 2 N–H and O–H groups in total. The molecule has 1 aromatic rings. The van der Waals surface area contributed by atoms with E-state index in [1.807, 2.05) is 0 Å². The van der Waals surface area contributed by atoms with Gasteiger partial charge in [-0.1, -0.05) is 34.3 Å². The molecule has 1 saturated heterocycles. The zero-order valence-electron chi connectivity index (χ0n) is 19.4. The van der Waals surface area contributed by atoms with Crippen LogP contribution in [0.2, 0.25) is 0 Å². The van der Waals surface area contributed by atoms with Crippen LogP contribution in [-0.2, 0) is 9.31 Å². The van der Waals surface area contributed by atoms with E-state index in [1.165, 1.54) is 18.8 Å². The Balaban J connectivity index is 1.38. The second-order valence-electron chi connectivity index (χ2n) is 10.6. The van der Waals surface area contributed by atoms with Gasteiger partial charge in [0.1, 0.15) is 5.69 Å². The Morgan fingerprint density at radius 2 is 2.10 bits per heavy atom. The molecule has 2 heterocycles. The first-order chi connectivity index (χ1) is 14.6. The van der Waals surface area contributed by atoms with Crippen LogP contribution in [0, 0.1) is 23.2 Å². The fourth-order valence-corrected chi connectivity index (χ4v) is 5.82. The van der Waals surface area contributed by atoms with Crippen molar-refractivity contribution < 1.29 is 14.1 Å². The smallest absolute Gasteiger partial charge is 0.404 e. The zero-order chi connectivity index (χ0) is 22.4. The van der Waals surface area contributed by atoms with Crippen LogP contribution >= 0.6 is 0 Å². The summed E-state index contributed by atoms with van der Waals surface area (Å²) < 4.78 is 13.2. The van der Waals surface area contributed by atoms with Gasteiger partial charge in [-0.25, -0.2) is 4.98 Å². The summed E-state index contributed by atoms with van der Waals surface area (Å²) in [6.45, 7) is 15.8. The molecular weight excluding hydrogens is 391 g/mol. The minimum Gasteiger partial charge on any atom is -0.404 e. The topological polar surface area (TPSA) is 85.4 Å². The second-order valence-corrected chi connectivity index (χ2v) is 10.6. The Kier molecular flexibility index (Phi) is 5.90. The molecule has 2 bridgehead atoms. The van der Waals surface area contributed by atoms with Gasteiger partial charge in [-0.05, 0) is 49.4 Å². The largest absolute Gasteiger partial charge is 0.481 e. The van der Waals surface area contributed by atoms with E-state index < -0.39 is 0 Å². The fourth-order valence-electron chi connectivity index (χ4n) is 5.82. The van der Waals surface area contributed by atoms with Gasteiger partial charge in [0, 0.05) is 18.1 Å². The van der Waals surface area contributed by atoms with Crippen molar-refractivity contribution in [2.45, 2.75) is 71.5 Å². The number of nitrogens with zero attached hydrogens (tertiary/aromatic N) is 2. The van der Waals surface area contributed by atoms with Crippen LogP contribution in [0.3, 0.4) is 0 Å². The van der Waals surface area contributed by atoms with Gasteiger partial charge in [0.15, 0.2) is 0 Å². The molecule has 8 heteroatoms. The number of aromatic nitrogens is 2. The average Bonchev–Trinajstić information content (AvgIpc) is 3.09. The van der Waals surface area contributed by atoms with E-state index in [0.717, 1.165) is 24.5 Å². The lowest BCUT2D eigenvalue weighted by molar-refractivity contribution is -0.199. The minimum atomic E-state index is -0.319. The molecule has 1 amide bonds. The van der Waals surface area contributed by atoms with Crippen molar-refractivity contribution in [3.63, 3.8) is 0 Å². The van der Waals surface area contributed by atoms with Crippen LogP contribution in [0.4, 0.5) is 0 Å². The van der Waals surface area contributed by atoms with E-state index in [0.29, 0.717) is 23.8 Å². The van der Waals surface area contributed by atoms with Gasteiger partial charge in [0.25, 0.3) is 5.91 Å². The van der Waals surface area contributed by atoms with Crippen molar-refractivity contribution in [3.8, 4) is 0 Å². The molecule has 0 radical (unpaired) electrons. The predicted molar refractivity (Wildman–Crippen MR) is 120 cm³/mol. The molecule has 31 heavy (non-hydrogen) atoms. The quantitative estimate of drug-likeness (QED) is 0.622. The average molecular weight is 426 g/mol. The van der Waals surface area contributed by atoms with Crippen LogP contribution in [0.15, 0.2) is 30.9 Å². The van der Waals surface area contributed by atoms with E-state index in [4.69, 9.17) is 9.31 Å². The number of carbonyl (C=O) groups is 1. The van der Waals surface area contributed by atoms with Gasteiger partial charge in [-0.15, -0.1) is 0 Å². The van der Waals surface area contributed by atoms with Crippen molar-refractivity contribution in [1.82, 2.24) is 20.6 Å². The third-order valence-corrected chi connectivity index (χ3v) is 7.67. The van der Waals surface area contributed by atoms with Gasteiger partial charge >= 0.3 is 7.12 Å². The molecular formula is C23H35BN4O3. The highest BCUT2D eigenvalue weighted by molar-refractivity contribution is 6.47. The first-order valence-electron chi connectivity index (χ1n) is 11.4. The highest BCUT2D eigenvalue weighted by atomic mass is 16.7. The second kappa shape index (κ2) is 8.21. The molecule has 5 rings (SSSR count). The van der Waals surface area contributed by atoms with E-state index in [2.05, 4.69) is 61.8 Å². The minimum absolute atomic E-state index is 0.0244. The van der Waals surface area contributed by atoms with Crippen LogP contribution < -0.4 is 10.6 Å². The number of rotatable bonds is 8. The Morgan fingerprint density at radius 1 is 1.32 bits per heavy atom. The summed E-state index contributed by atoms with van der Waals surface area (Å²) in [5.74, 6) is 1.42. The summed E-state index contributed by atoms with van der Waals surface area (Å²) in [7, 11) is -0.319. The van der Waals surface area contributed by atoms with E-state index in [-0.39, 0.29) is 36.4 Å². The third kappa shape index (κ3) is 4.12. The van der Waals surface area contributed by atoms with Crippen molar-refractivity contribution in [3.05, 3.63) is 36.6 Å². The summed E-state index contributed by atoms with van der Waals surface area (Å²) in [5.41, 5.74) is 1.09. The van der Waals surface area contributed by atoms with Crippen molar-refractivity contribution in [2.75, 3.05) is 6.54 Å². The lowest BCUT2D eigenvalue weighted by Gasteiger charge is -2.64. The lowest BCUT2D eigenvalue weighted by atomic mass is 9.43. The highest BCUT2D eigenvalue weighted by Crippen LogP contribution is 2.65. The van der Waals surface area contributed by atoms with Crippen LogP contribution in [-0.4, -0.2) is 47.2 Å². The summed E-state index contributed by atoms with van der Waals surface area (Å²) in [4.78, 5) is 20.2. The molecule has 168 valence electrons. The molecule has 1 aliphatic heterocycles. The maximum atomic E-state index is 12.3. The number of hydrogen-bond donors (Lipinski definition) is 2. The summed E-state index contributed by atoms with van der Waals surface area (Å²) >= 11 is 0. The van der Waals surface area contributed by atoms with Crippen molar-refractivity contribution >= 4 is 13.0 Å². The molecule has 3 aliphatic carbocycles. The van der Waals surface area contributed by atoms with Crippen molar-refractivity contribution in [1.29, 1.82) is 0 Å². The van der Waals surface area contributed by atoms with Crippen LogP contribution in [0.5, 0.6) is 0 Å². The number of nitrogens with one attached hydrogen (secondary N) is 2. The monoisotopic (exact) mass is 426 g/mol. The van der Waals surface area contributed by atoms with Gasteiger partial charge in [0.05, 0.1) is 30.4 Å². The SMILES string of the molecule is C=C(CNC(=O)c1cnccn1)NC(CC(C)C)B1OC2CC3CC(C3(C)C)C2(C)O1. The van der Waals surface area contributed by atoms with Gasteiger partial charge < -0.3 is 19.9 Å². The predicted octanol–water partition coefficient (Wildman–Crippen LogP) is 2.99. The Hall–Kier alpha value is -1.93. The molecule has 0 spiro atoms. The molecule has 4 aliphatic rings. The van der Waals surface area contributed by atoms with Crippen molar-refractivity contribution in [2.24, 2.45) is 23.2 Å². The highest BCUT2D eigenvalue weighted by Gasteiger charge is 2.68. The summed E-state index contributed by atoms with van der Waals surface area (Å²) in [5, 5.41) is 6.32. The first kappa shape index (κ1) is 22.3. The summed E-state index contributed by atoms with van der Waals surface area (Å²) in [6.07, 6.45) is 7.83. The van der Waals surface area contributed by atoms with Crippen LogP contribution in [0.25, 0.3) is 0 Å². The molecule has 1 aromatic heterocycles. The molecule has 5 unspecified atom stereocenters. The lowest BCUT2D eigenvalue weighted by Crippen LogP contribution is -2.65. The van der Waals surface area contributed by atoms with Gasteiger partial charge in [-0.3, -0.25) is 9.78 Å². The molecule has 3 saturated carbocycles. The molecule has 7 nitrogen and oxygen atoms in total. The zero-order valence-corrected chi connectivity index (χ0v) is 19.4. The normalized spacial score (nSPS) is 31.5. The fraction of sp³-hybridized carbons (Fsp3) is 0.696. The molecule has 5 atom stereocenters. The Bertz CT molecular complexity index is 833. The number of hydrogen-bond acceptors (Lipinski definition) is 6. The van der Waals surface area contributed by atoms with Crippen LogP contribution in [0.1, 0.15) is 64.4 Å². The maximum absolute atomic E-state index is 12.3. The molecule has 0 aromatic carbocycles.